The minimum absolute atomic E-state index is 0.194. The lowest BCUT2D eigenvalue weighted by atomic mass is 10.2. The molecule has 3 nitrogen and oxygen atoms in total. The summed E-state index contributed by atoms with van der Waals surface area (Å²) in [6.07, 6.45) is 0. The predicted octanol–water partition coefficient (Wildman–Crippen LogP) is 1.87. The van der Waals surface area contributed by atoms with Gasteiger partial charge in [-0.2, -0.15) is 0 Å². The minimum atomic E-state index is -0.338. The van der Waals surface area contributed by atoms with Crippen LogP contribution in [0.25, 0.3) is 10.3 Å². The largest absolute Gasteiger partial charge is 0.508 e. The monoisotopic (exact) mass is 182 g/mol. The van der Waals surface area contributed by atoms with Gasteiger partial charge in [-0.3, -0.25) is 0 Å². The Morgan fingerprint density at radius 2 is 2.25 bits per heavy atom. The molecule has 0 saturated heterocycles. The van der Waals surface area contributed by atoms with Gasteiger partial charge in [0.25, 0.3) is 0 Å². The zero-order valence-corrected chi connectivity index (χ0v) is 7.14. The van der Waals surface area contributed by atoms with Crippen LogP contribution in [0.3, 0.4) is 0 Å². The molecule has 12 heavy (non-hydrogen) atoms. The zero-order valence-electron chi connectivity index (χ0n) is 6.33. The van der Waals surface area contributed by atoms with Gasteiger partial charge in [0.2, 0.25) is 0 Å². The molecular formula is C8H6O3S. The third-order valence-corrected chi connectivity index (χ3v) is 2.44. The Kier molecular flexibility index (Phi) is 1.44. The molecule has 0 aliphatic carbocycles. The van der Waals surface area contributed by atoms with E-state index in [0.29, 0.717) is 15.8 Å². The first-order valence-corrected chi connectivity index (χ1v) is 4.22. The third-order valence-electron chi connectivity index (χ3n) is 1.65. The quantitative estimate of drug-likeness (QED) is 0.676. The molecule has 0 bridgehead atoms. The van der Waals surface area contributed by atoms with E-state index in [1.165, 1.54) is 0 Å². The van der Waals surface area contributed by atoms with Gasteiger partial charge in [-0.15, -0.1) is 0 Å². The number of hydrogen-bond acceptors (Lipinski definition) is 4. The molecule has 2 aromatic rings. The van der Waals surface area contributed by atoms with E-state index >= 15 is 0 Å². The molecule has 4 heteroatoms. The zero-order chi connectivity index (χ0) is 8.72. The number of fused-ring (bicyclic) bond motifs is 1. The van der Waals surface area contributed by atoms with Crippen LogP contribution >= 0.6 is 11.3 Å². The average Bonchev–Trinajstić information content (AvgIpc) is 2.30. The number of aryl methyl sites for hydroxylation is 1. The van der Waals surface area contributed by atoms with Crippen molar-refractivity contribution in [3.05, 3.63) is 27.4 Å². The highest BCUT2D eigenvalue weighted by atomic mass is 32.1. The normalized spacial score (nSPS) is 10.8. The number of phenols is 1. The van der Waals surface area contributed by atoms with Crippen molar-refractivity contribution in [1.82, 2.24) is 0 Å². The smallest absolute Gasteiger partial charge is 0.396 e. The second kappa shape index (κ2) is 2.35. The van der Waals surface area contributed by atoms with Crippen LogP contribution in [-0.4, -0.2) is 5.11 Å². The van der Waals surface area contributed by atoms with Crippen LogP contribution in [0.4, 0.5) is 0 Å². The van der Waals surface area contributed by atoms with Gasteiger partial charge in [0.05, 0.1) is 4.70 Å². The maximum atomic E-state index is 10.8. The first kappa shape index (κ1) is 7.36. The highest BCUT2D eigenvalue weighted by Crippen LogP contribution is 2.25. The number of hydrogen-bond donors (Lipinski definition) is 1. The van der Waals surface area contributed by atoms with Crippen LogP contribution < -0.4 is 4.94 Å². The second-order valence-electron chi connectivity index (χ2n) is 2.54. The molecule has 0 fully saturated rings. The van der Waals surface area contributed by atoms with E-state index < -0.39 is 0 Å². The summed E-state index contributed by atoms with van der Waals surface area (Å²) in [5.74, 6) is 0.194. The lowest BCUT2D eigenvalue weighted by molar-refractivity contribution is 0.471. The fourth-order valence-electron chi connectivity index (χ4n) is 1.01. The maximum absolute atomic E-state index is 10.8. The summed E-state index contributed by atoms with van der Waals surface area (Å²) in [5.41, 5.74) is 1.25. The van der Waals surface area contributed by atoms with E-state index in [-0.39, 0.29) is 10.7 Å². The molecule has 0 spiro atoms. The van der Waals surface area contributed by atoms with Crippen LogP contribution in [0, 0.1) is 6.92 Å². The van der Waals surface area contributed by atoms with Crippen molar-refractivity contribution in [2.24, 2.45) is 0 Å². The Bertz CT molecular complexity index is 438. The number of aromatic hydroxyl groups is 1. The fourth-order valence-corrected chi connectivity index (χ4v) is 1.69. The van der Waals surface area contributed by atoms with Crippen molar-refractivity contribution in [2.45, 2.75) is 6.92 Å². The van der Waals surface area contributed by atoms with Gasteiger partial charge in [0.1, 0.15) is 11.3 Å². The summed E-state index contributed by atoms with van der Waals surface area (Å²) in [6, 6.07) is 3.20. The maximum Gasteiger partial charge on any atom is 0.396 e. The van der Waals surface area contributed by atoms with Crippen LogP contribution in [0.15, 0.2) is 21.3 Å². The summed E-state index contributed by atoms with van der Waals surface area (Å²) < 4.78 is 5.54. The van der Waals surface area contributed by atoms with Gasteiger partial charge in [-0.1, -0.05) is 11.3 Å². The predicted molar refractivity (Wildman–Crippen MR) is 46.8 cm³/mol. The van der Waals surface area contributed by atoms with Crippen molar-refractivity contribution < 1.29 is 9.52 Å². The van der Waals surface area contributed by atoms with Crippen molar-refractivity contribution >= 4 is 21.6 Å². The SMILES string of the molecule is Cc1cc2oc(=O)sc2cc1O. The van der Waals surface area contributed by atoms with Crippen molar-refractivity contribution in [3.63, 3.8) is 0 Å². The molecule has 1 aromatic heterocycles. The van der Waals surface area contributed by atoms with Crippen molar-refractivity contribution in [2.75, 3.05) is 0 Å². The standard InChI is InChI=1S/C8H6O3S/c1-4-2-6-7(3-5(4)9)12-8(10)11-6/h2-3,9H,1H3. The van der Waals surface area contributed by atoms with Crippen LogP contribution in [0.5, 0.6) is 5.75 Å². The fraction of sp³-hybridized carbons (Fsp3) is 0.125. The molecule has 62 valence electrons. The Labute approximate surface area is 71.9 Å². The van der Waals surface area contributed by atoms with Gasteiger partial charge < -0.3 is 9.52 Å². The first-order valence-electron chi connectivity index (χ1n) is 3.40. The van der Waals surface area contributed by atoms with E-state index in [9.17, 15) is 9.90 Å². The van der Waals surface area contributed by atoms with E-state index in [2.05, 4.69) is 0 Å². The molecular weight excluding hydrogens is 176 g/mol. The van der Waals surface area contributed by atoms with Gasteiger partial charge in [0, 0.05) is 6.07 Å². The number of rotatable bonds is 0. The molecule has 0 amide bonds. The van der Waals surface area contributed by atoms with Crippen molar-refractivity contribution in [3.8, 4) is 5.75 Å². The highest BCUT2D eigenvalue weighted by Gasteiger charge is 2.04. The average molecular weight is 182 g/mol. The van der Waals surface area contributed by atoms with Crippen molar-refractivity contribution in [1.29, 1.82) is 0 Å². The lowest BCUT2D eigenvalue weighted by Crippen LogP contribution is -1.79. The Hall–Kier alpha value is -1.29. The Balaban J connectivity index is 2.92. The summed E-state index contributed by atoms with van der Waals surface area (Å²) in [6.45, 7) is 1.76. The second-order valence-corrected chi connectivity index (χ2v) is 3.52. The third kappa shape index (κ3) is 1.00. The topological polar surface area (TPSA) is 50.4 Å². The van der Waals surface area contributed by atoms with E-state index in [1.54, 1.807) is 19.1 Å². The van der Waals surface area contributed by atoms with Crippen LogP contribution in [-0.2, 0) is 0 Å². The molecule has 2 rings (SSSR count). The Morgan fingerprint density at radius 1 is 1.50 bits per heavy atom. The minimum Gasteiger partial charge on any atom is -0.508 e. The van der Waals surface area contributed by atoms with E-state index in [1.807, 2.05) is 0 Å². The summed E-state index contributed by atoms with van der Waals surface area (Å²) in [4.78, 5) is 10.4. The molecule has 1 N–H and O–H groups in total. The molecule has 1 heterocycles. The molecule has 1 aromatic carbocycles. The van der Waals surface area contributed by atoms with E-state index in [4.69, 9.17) is 4.42 Å². The molecule has 0 radical (unpaired) electrons. The van der Waals surface area contributed by atoms with Crippen LogP contribution in [0.1, 0.15) is 5.56 Å². The highest BCUT2D eigenvalue weighted by molar-refractivity contribution is 7.16. The van der Waals surface area contributed by atoms with Gasteiger partial charge in [-0.05, 0) is 18.6 Å². The summed E-state index contributed by atoms with van der Waals surface area (Å²) in [7, 11) is 0. The van der Waals surface area contributed by atoms with Gasteiger partial charge in [0.15, 0.2) is 0 Å². The molecule has 0 unspecified atom stereocenters. The molecule has 0 atom stereocenters. The van der Waals surface area contributed by atoms with Gasteiger partial charge >= 0.3 is 4.94 Å². The lowest BCUT2D eigenvalue weighted by Gasteiger charge is -1.94. The first-order chi connectivity index (χ1) is 5.66. The van der Waals surface area contributed by atoms with Crippen LogP contribution in [0.2, 0.25) is 0 Å². The molecule has 0 aliphatic rings. The summed E-state index contributed by atoms with van der Waals surface area (Å²) in [5, 5.41) is 9.29. The number of benzene rings is 1. The molecule has 0 saturated carbocycles. The molecule has 0 aliphatic heterocycles. The van der Waals surface area contributed by atoms with Gasteiger partial charge in [-0.25, -0.2) is 4.79 Å². The number of phenolic OH excluding ortho intramolecular Hbond substituents is 1. The Morgan fingerprint density at radius 3 is 3.00 bits per heavy atom. The van der Waals surface area contributed by atoms with E-state index in [0.717, 1.165) is 11.3 Å². The summed E-state index contributed by atoms with van der Waals surface area (Å²) >= 11 is 0.993.